The molecular weight excluding hydrogens is 340 g/mol. The molecule has 0 atom stereocenters. The molecular formula is C18H21ClN4O2. The highest BCUT2D eigenvalue weighted by molar-refractivity contribution is 6.30. The maximum atomic E-state index is 12.9. The highest BCUT2D eigenvalue weighted by Gasteiger charge is 2.21. The van der Waals surface area contributed by atoms with Crippen molar-refractivity contribution in [2.45, 2.75) is 39.8 Å². The maximum Gasteiger partial charge on any atom is 0.331 e. The van der Waals surface area contributed by atoms with Crippen LogP contribution >= 0.6 is 11.6 Å². The molecule has 0 radical (unpaired) electrons. The molecule has 0 spiro atoms. The Balaban J connectivity index is 2.43. The first-order valence-corrected chi connectivity index (χ1v) is 8.83. The minimum Gasteiger partial charge on any atom is -0.293 e. The number of fused-ring (bicyclic) bond motifs is 1. The van der Waals surface area contributed by atoms with E-state index < -0.39 is 0 Å². The number of rotatable bonds is 5. The zero-order valence-corrected chi connectivity index (χ0v) is 15.4. The number of hydrogen-bond acceptors (Lipinski definition) is 3. The molecule has 3 aromatic rings. The van der Waals surface area contributed by atoms with Crippen molar-refractivity contribution in [3.63, 3.8) is 0 Å². The maximum absolute atomic E-state index is 12.9. The van der Waals surface area contributed by atoms with Crippen molar-refractivity contribution in [3.05, 3.63) is 50.1 Å². The number of aryl methyl sites for hydroxylation is 2. The fourth-order valence-electron chi connectivity index (χ4n) is 3.05. The fraction of sp³-hybridized carbons (Fsp3) is 0.389. The average Bonchev–Trinajstić information content (AvgIpc) is 2.98. The number of unbranched alkanes of at least 4 members (excludes halogenated alkanes) is 1. The Bertz CT molecular complexity index is 1050. The number of benzene rings is 1. The second kappa shape index (κ2) is 6.88. The zero-order chi connectivity index (χ0) is 18.1. The van der Waals surface area contributed by atoms with Crippen molar-refractivity contribution < 1.29 is 0 Å². The molecule has 0 fully saturated rings. The van der Waals surface area contributed by atoms with Crippen LogP contribution in [0.2, 0.25) is 5.02 Å². The van der Waals surface area contributed by atoms with Crippen molar-refractivity contribution in [2.24, 2.45) is 7.05 Å². The lowest BCUT2D eigenvalue weighted by molar-refractivity contribution is 0.579. The summed E-state index contributed by atoms with van der Waals surface area (Å²) in [6.45, 7) is 4.83. The quantitative estimate of drug-likeness (QED) is 0.702. The van der Waals surface area contributed by atoms with Gasteiger partial charge in [0, 0.05) is 30.7 Å². The molecule has 3 rings (SSSR count). The number of aromatic nitrogens is 4. The van der Waals surface area contributed by atoms with Crippen molar-refractivity contribution in [2.75, 3.05) is 0 Å². The van der Waals surface area contributed by atoms with Gasteiger partial charge in [-0.25, -0.2) is 4.79 Å². The molecule has 7 heteroatoms. The average molecular weight is 361 g/mol. The van der Waals surface area contributed by atoms with E-state index in [0.29, 0.717) is 34.8 Å². The SMILES string of the molecule is CCCCn1nc(-c2cccc(Cl)c2)c2c1c(=O)n(CC)c(=O)n2C. The first kappa shape index (κ1) is 17.5. The van der Waals surface area contributed by atoms with E-state index in [2.05, 4.69) is 12.0 Å². The summed E-state index contributed by atoms with van der Waals surface area (Å²) in [6, 6.07) is 7.29. The first-order valence-electron chi connectivity index (χ1n) is 8.45. The Morgan fingerprint density at radius 3 is 2.56 bits per heavy atom. The summed E-state index contributed by atoms with van der Waals surface area (Å²) < 4.78 is 4.48. The van der Waals surface area contributed by atoms with E-state index in [1.807, 2.05) is 12.1 Å². The Morgan fingerprint density at radius 1 is 1.16 bits per heavy atom. The summed E-state index contributed by atoms with van der Waals surface area (Å²) in [5, 5.41) is 5.25. The van der Waals surface area contributed by atoms with Crippen molar-refractivity contribution in [3.8, 4) is 11.3 Å². The summed E-state index contributed by atoms with van der Waals surface area (Å²) in [7, 11) is 1.68. The van der Waals surface area contributed by atoms with E-state index in [1.54, 1.807) is 30.8 Å². The zero-order valence-electron chi connectivity index (χ0n) is 14.6. The van der Waals surface area contributed by atoms with Gasteiger partial charge in [0.15, 0.2) is 5.52 Å². The van der Waals surface area contributed by atoms with Crippen LogP contribution in [0.4, 0.5) is 0 Å². The lowest BCUT2D eigenvalue weighted by Gasteiger charge is -2.08. The molecule has 132 valence electrons. The van der Waals surface area contributed by atoms with E-state index in [9.17, 15) is 9.59 Å². The number of hydrogen-bond donors (Lipinski definition) is 0. The van der Waals surface area contributed by atoms with Gasteiger partial charge in [0.2, 0.25) is 0 Å². The van der Waals surface area contributed by atoms with Crippen LogP contribution in [-0.2, 0) is 20.1 Å². The van der Waals surface area contributed by atoms with Gasteiger partial charge in [-0.15, -0.1) is 0 Å². The molecule has 0 aliphatic heterocycles. The third kappa shape index (κ3) is 2.91. The number of halogens is 1. The third-order valence-corrected chi connectivity index (χ3v) is 4.60. The van der Waals surface area contributed by atoms with Gasteiger partial charge in [-0.05, 0) is 25.5 Å². The van der Waals surface area contributed by atoms with Crippen LogP contribution in [0.15, 0.2) is 33.9 Å². The smallest absolute Gasteiger partial charge is 0.293 e. The van der Waals surface area contributed by atoms with Gasteiger partial charge in [0.05, 0.1) is 0 Å². The molecule has 0 saturated heterocycles. The van der Waals surface area contributed by atoms with Crippen LogP contribution in [0, 0.1) is 0 Å². The molecule has 0 aliphatic rings. The highest BCUT2D eigenvalue weighted by Crippen LogP contribution is 2.27. The summed E-state index contributed by atoms with van der Waals surface area (Å²) in [6.07, 6.45) is 1.89. The van der Waals surface area contributed by atoms with Crippen LogP contribution < -0.4 is 11.2 Å². The molecule has 25 heavy (non-hydrogen) atoms. The van der Waals surface area contributed by atoms with E-state index in [4.69, 9.17) is 11.6 Å². The molecule has 0 bridgehead atoms. The van der Waals surface area contributed by atoms with Gasteiger partial charge in [0.25, 0.3) is 5.56 Å². The second-order valence-electron chi connectivity index (χ2n) is 6.02. The second-order valence-corrected chi connectivity index (χ2v) is 6.46. The standard InChI is InChI=1S/C18H21ClN4O2/c1-4-6-10-23-16-15(21(3)18(25)22(5-2)17(16)24)14(20-23)12-8-7-9-13(19)11-12/h7-9,11H,4-6,10H2,1-3H3. The van der Waals surface area contributed by atoms with Crippen LogP contribution in [0.3, 0.4) is 0 Å². The lowest BCUT2D eigenvalue weighted by atomic mass is 10.1. The molecule has 0 aliphatic carbocycles. The Labute approximate surface area is 150 Å². The molecule has 1 aromatic carbocycles. The third-order valence-electron chi connectivity index (χ3n) is 4.37. The minimum atomic E-state index is -0.335. The van der Waals surface area contributed by atoms with Gasteiger partial charge in [0.1, 0.15) is 11.2 Å². The Kier molecular flexibility index (Phi) is 4.81. The molecule has 6 nitrogen and oxygen atoms in total. The van der Waals surface area contributed by atoms with Gasteiger partial charge in [-0.3, -0.25) is 18.6 Å². The lowest BCUT2D eigenvalue weighted by Crippen LogP contribution is -2.39. The molecule has 2 aromatic heterocycles. The van der Waals surface area contributed by atoms with Crippen LogP contribution in [-0.4, -0.2) is 18.9 Å². The Hall–Kier alpha value is -2.34. The van der Waals surface area contributed by atoms with Crippen molar-refractivity contribution in [1.82, 2.24) is 18.9 Å². The van der Waals surface area contributed by atoms with Crippen molar-refractivity contribution >= 4 is 22.6 Å². The van der Waals surface area contributed by atoms with Crippen LogP contribution in [0.1, 0.15) is 26.7 Å². The summed E-state index contributed by atoms with van der Waals surface area (Å²) in [5.74, 6) is 0. The van der Waals surface area contributed by atoms with Crippen molar-refractivity contribution in [1.29, 1.82) is 0 Å². The summed E-state index contributed by atoms with van der Waals surface area (Å²) in [5.41, 5.74) is 1.78. The van der Waals surface area contributed by atoms with E-state index in [-0.39, 0.29) is 11.2 Å². The van der Waals surface area contributed by atoms with Gasteiger partial charge >= 0.3 is 5.69 Å². The normalized spacial score (nSPS) is 11.4. The largest absolute Gasteiger partial charge is 0.331 e. The topological polar surface area (TPSA) is 61.8 Å². The predicted molar refractivity (Wildman–Crippen MR) is 100 cm³/mol. The first-order chi connectivity index (χ1) is 12.0. The van der Waals surface area contributed by atoms with Gasteiger partial charge in [-0.1, -0.05) is 37.1 Å². The minimum absolute atomic E-state index is 0.294. The summed E-state index contributed by atoms with van der Waals surface area (Å²) in [4.78, 5) is 25.5. The monoisotopic (exact) mass is 360 g/mol. The summed E-state index contributed by atoms with van der Waals surface area (Å²) >= 11 is 6.12. The molecule has 0 amide bonds. The molecule has 0 unspecified atom stereocenters. The fourth-order valence-corrected chi connectivity index (χ4v) is 3.24. The van der Waals surface area contributed by atoms with Crippen LogP contribution in [0.25, 0.3) is 22.3 Å². The number of nitrogens with zero attached hydrogens (tertiary/aromatic N) is 4. The molecule has 0 N–H and O–H groups in total. The Morgan fingerprint density at radius 2 is 1.92 bits per heavy atom. The van der Waals surface area contributed by atoms with E-state index in [1.165, 1.54) is 9.13 Å². The van der Waals surface area contributed by atoms with E-state index >= 15 is 0 Å². The predicted octanol–water partition coefficient (Wildman–Crippen LogP) is 3.04. The van der Waals surface area contributed by atoms with Crippen LogP contribution in [0.5, 0.6) is 0 Å². The molecule has 0 saturated carbocycles. The molecule has 2 heterocycles. The van der Waals surface area contributed by atoms with Gasteiger partial charge in [-0.2, -0.15) is 5.10 Å². The van der Waals surface area contributed by atoms with Gasteiger partial charge < -0.3 is 0 Å². The highest BCUT2D eigenvalue weighted by atomic mass is 35.5. The van der Waals surface area contributed by atoms with E-state index in [0.717, 1.165) is 18.4 Å².